The van der Waals surface area contributed by atoms with Crippen LogP contribution in [-0.2, 0) is 0 Å². The van der Waals surface area contributed by atoms with Crippen LogP contribution in [0.4, 0.5) is 0 Å². The fourth-order valence-electron chi connectivity index (χ4n) is 2.32. The maximum atomic E-state index is 10.1. The number of rotatable bonds is 1. The summed E-state index contributed by atoms with van der Waals surface area (Å²) in [5.41, 5.74) is 3.13. The van der Waals surface area contributed by atoms with Gasteiger partial charge in [-0.1, -0.05) is 17.7 Å². The van der Waals surface area contributed by atoms with Gasteiger partial charge in [0.1, 0.15) is 5.75 Å². The van der Waals surface area contributed by atoms with Gasteiger partial charge < -0.3 is 10.4 Å². The Morgan fingerprint density at radius 3 is 2.81 bits per heavy atom. The number of halogens is 1. The molecule has 0 saturated carbocycles. The summed E-state index contributed by atoms with van der Waals surface area (Å²) in [6.07, 6.45) is 2.29. The highest BCUT2D eigenvalue weighted by Crippen LogP contribution is 2.38. The van der Waals surface area contributed by atoms with Crippen molar-refractivity contribution in [3.05, 3.63) is 27.8 Å². The minimum Gasteiger partial charge on any atom is -0.506 e. The molecule has 0 radical (unpaired) electrons. The van der Waals surface area contributed by atoms with Gasteiger partial charge in [-0.05, 0) is 44.4 Å². The van der Waals surface area contributed by atoms with Crippen molar-refractivity contribution in [1.29, 1.82) is 0 Å². The SMILES string of the molecule is Cc1cc(C2CCCNC2)c(O)c(Cl)c1C. The van der Waals surface area contributed by atoms with Gasteiger partial charge in [0.05, 0.1) is 5.02 Å². The van der Waals surface area contributed by atoms with Gasteiger partial charge in [0.15, 0.2) is 0 Å². The summed E-state index contributed by atoms with van der Waals surface area (Å²) in [4.78, 5) is 0. The predicted octanol–water partition coefficient (Wildman–Crippen LogP) is 3.13. The van der Waals surface area contributed by atoms with E-state index in [1.54, 1.807) is 0 Å². The van der Waals surface area contributed by atoms with Crippen molar-refractivity contribution in [2.24, 2.45) is 0 Å². The van der Waals surface area contributed by atoms with Gasteiger partial charge in [0.2, 0.25) is 0 Å². The molecule has 0 aromatic heterocycles. The zero-order valence-electron chi connectivity index (χ0n) is 9.81. The van der Waals surface area contributed by atoms with Gasteiger partial charge in [-0.2, -0.15) is 0 Å². The zero-order chi connectivity index (χ0) is 11.7. The van der Waals surface area contributed by atoms with E-state index in [0.29, 0.717) is 10.9 Å². The highest BCUT2D eigenvalue weighted by Gasteiger charge is 2.21. The quantitative estimate of drug-likeness (QED) is 0.789. The number of phenolic OH excluding ortho intramolecular Hbond substituents is 1. The zero-order valence-corrected chi connectivity index (χ0v) is 10.6. The molecule has 1 heterocycles. The Bertz CT molecular complexity index is 397. The lowest BCUT2D eigenvalue weighted by Crippen LogP contribution is -2.28. The molecule has 0 amide bonds. The lowest BCUT2D eigenvalue weighted by atomic mass is 9.89. The molecule has 1 unspecified atom stereocenters. The molecule has 0 aliphatic carbocycles. The minimum atomic E-state index is 0.276. The maximum absolute atomic E-state index is 10.1. The van der Waals surface area contributed by atoms with Crippen LogP contribution < -0.4 is 5.32 Å². The minimum absolute atomic E-state index is 0.276. The van der Waals surface area contributed by atoms with E-state index in [2.05, 4.69) is 11.4 Å². The van der Waals surface area contributed by atoms with Crippen LogP contribution in [0.5, 0.6) is 5.75 Å². The third kappa shape index (κ3) is 2.04. The summed E-state index contributed by atoms with van der Waals surface area (Å²) in [5, 5.41) is 14.0. The largest absolute Gasteiger partial charge is 0.506 e. The van der Waals surface area contributed by atoms with Crippen molar-refractivity contribution < 1.29 is 5.11 Å². The van der Waals surface area contributed by atoms with Gasteiger partial charge in [-0.15, -0.1) is 0 Å². The van der Waals surface area contributed by atoms with Crippen molar-refractivity contribution in [2.75, 3.05) is 13.1 Å². The highest BCUT2D eigenvalue weighted by molar-refractivity contribution is 6.33. The summed E-state index contributed by atoms with van der Waals surface area (Å²) in [5.74, 6) is 0.670. The van der Waals surface area contributed by atoms with E-state index >= 15 is 0 Å². The lowest BCUT2D eigenvalue weighted by molar-refractivity contribution is 0.425. The Hall–Kier alpha value is -0.730. The molecule has 1 atom stereocenters. The van der Waals surface area contributed by atoms with Gasteiger partial charge in [0, 0.05) is 18.0 Å². The third-order valence-corrected chi connectivity index (χ3v) is 3.97. The van der Waals surface area contributed by atoms with Crippen LogP contribution >= 0.6 is 11.6 Å². The van der Waals surface area contributed by atoms with Crippen molar-refractivity contribution in [2.45, 2.75) is 32.6 Å². The first-order valence-electron chi connectivity index (χ1n) is 5.80. The molecule has 1 saturated heterocycles. The van der Waals surface area contributed by atoms with Crippen molar-refractivity contribution in [3.63, 3.8) is 0 Å². The van der Waals surface area contributed by atoms with Crippen LogP contribution in [0.3, 0.4) is 0 Å². The van der Waals surface area contributed by atoms with Crippen molar-refractivity contribution in [1.82, 2.24) is 5.32 Å². The first kappa shape index (κ1) is 11.7. The Morgan fingerprint density at radius 1 is 1.44 bits per heavy atom. The number of aryl methyl sites for hydroxylation is 1. The fraction of sp³-hybridized carbons (Fsp3) is 0.538. The second-order valence-electron chi connectivity index (χ2n) is 4.61. The Labute approximate surface area is 102 Å². The second-order valence-corrected chi connectivity index (χ2v) is 4.99. The molecule has 0 spiro atoms. The molecule has 1 aliphatic rings. The van der Waals surface area contributed by atoms with Gasteiger partial charge in [-0.3, -0.25) is 0 Å². The topological polar surface area (TPSA) is 32.3 Å². The molecule has 16 heavy (non-hydrogen) atoms. The van der Waals surface area contributed by atoms with E-state index in [9.17, 15) is 5.11 Å². The monoisotopic (exact) mass is 239 g/mol. The Kier molecular flexibility index (Phi) is 3.41. The predicted molar refractivity (Wildman–Crippen MR) is 67.4 cm³/mol. The highest BCUT2D eigenvalue weighted by atomic mass is 35.5. The average Bonchev–Trinajstić information content (AvgIpc) is 2.32. The molecule has 3 heteroatoms. The van der Waals surface area contributed by atoms with E-state index in [-0.39, 0.29) is 5.75 Å². The molecule has 1 aromatic carbocycles. The molecule has 0 bridgehead atoms. The van der Waals surface area contributed by atoms with Gasteiger partial charge in [0.25, 0.3) is 0 Å². The number of hydrogen-bond donors (Lipinski definition) is 2. The first-order chi connectivity index (χ1) is 7.61. The van der Waals surface area contributed by atoms with Crippen LogP contribution in [0.15, 0.2) is 6.07 Å². The van der Waals surface area contributed by atoms with Crippen LogP contribution in [0.1, 0.15) is 35.4 Å². The molecular formula is C13H18ClNO. The molecule has 1 aromatic rings. The number of hydrogen-bond acceptors (Lipinski definition) is 2. The van der Waals surface area contributed by atoms with E-state index in [1.807, 2.05) is 13.8 Å². The lowest BCUT2D eigenvalue weighted by Gasteiger charge is -2.25. The molecule has 2 rings (SSSR count). The van der Waals surface area contributed by atoms with Crippen LogP contribution in [0, 0.1) is 13.8 Å². The number of nitrogens with one attached hydrogen (secondary N) is 1. The summed E-state index contributed by atoms with van der Waals surface area (Å²) >= 11 is 6.14. The Balaban J connectivity index is 2.40. The number of benzene rings is 1. The maximum Gasteiger partial charge on any atom is 0.137 e. The number of piperidine rings is 1. The fourth-order valence-corrected chi connectivity index (χ4v) is 2.57. The van der Waals surface area contributed by atoms with Crippen molar-refractivity contribution in [3.8, 4) is 5.75 Å². The van der Waals surface area contributed by atoms with Crippen LogP contribution in [-0.4, -0.2) is 18.2 Å². The second kappa shape index (κ2) is 4.64. The summed E-state index contributed by atoms with van der Waals surface area (Å²) in [7, 11) is 0. The molecule has 2 N–H and O–H groups in total. The van der Waals surface area contributed by atoms with Gasteiger partial charge >= 0.3 is 0 Å². The van der Waals surface area contributed by atoms with E-state index in [1.165, 1.54) is 0 Å². The molecule has 1 fully saturated rings. The molecule has 1 aliphatic heterocycles. The van der Waals surface area contributed by atoms with Crippen molar-refractivity contribution >= 4 is 11.6 Å². The number of phenols is 1. The molecule has 2 nitrogen and oxygen atoms in total. The Morgan fingerprint density at radius 2 is 2.19 bits per heavy atom. The first-order valence-corrected chi connectivity index (χ1v) is 6.18. The van der Waals surface area contributed by atoms with Crippen LogP contribution in [0.25, 0.3) is 0 Å². The average molecular weight is 240 g/mol. The summed E-state index contributed by atoms with van der Waals surface area (Å²) in [6.45, 7) is 6.00. The van der Waals surface area contributed by atoms with Crippen LogP contribution in [0.2, 0.25) is 5.02 Å². The number of aromatic hydroxyl groups is 1. The summed E-state index contributed by atoms with van der Waals surface area (Å²) in [6, 6.07) is 2.08. The van der Waals surface area contributed by atoms with Gasteiger partial charge in [-0.25, -0.2) is 0 Å². The smallest absolute Gasteiger partial charge is 0.137 e. The third-order valence-electron chi connectivity index (χ3n) is 3.51. The normalized spacial score (nSPS) is 21.1. The molecular weight excluding hydrogens is 222 g/mol. The van der Waals surface area contributed by atoms with E-state index < -0.39 is 0 Å². The van der Waals surface area contributed by atoms with E-state index in [0.717, 1.165) is 42.6 Å². The summed E-state index contributed by atoms with van der Waals surface area (Å²) < 4.78 is 0. The molecule has 88 valence electrons. The van der Waals surface area contributed by atoms with E-state index in [4.69, 9.17) is 11.6 Å². The standard InChI is InChI=1S/C13H18ClNO/c1-8-6-11(10-4-3-5-15-7-10)13(16)12(14)9(8)2/h6,10,15-16H,3-5,7H2,1-2H3.